The molecule has 1 aliphatic heterocycles. The van der Waals surface area contributed by atoms with E-state index in [4.69, 9.17) is 4.74 Å². The van der Waals surface area contributed by atoms with Crippen LogP contribution in [0.1, 0.15) is 18.9 Å². The van der Waals surface area contributed by atoms with E-state index in [1.807, 2.05) is 4.90 Å². The fraction of sp³-hybridized carbons (Fsp3) is 0.316. The van der Waals surface area contributed by atoms with Crippen LogP contribution in [-0.4, -0.2) is 25.6 Å². The van der Waals surface area contributed by atoms with Crippen LogP contribution < -0.4 is 15.0 Å². The van der Waals surface area contributed by atoms with Crippen LogP contribution >= 0.6 is 0 Å². The van der Waals surface area contributed by atoms with Crippen LogP contribution in [0.5, 0.6) is 5.75 Å². The summed E-state index contributed by atoms with van der Waals surface area (Å²) in [4.78, 5) is 14.4. The zero-order valence-electron chi connectivity index (χ0n) is 13.9. The molecule has 4 nitrogen and oxygen atoms in total. The Labute approximate surface area is 141 Å². The molecular formula is C19H21FN2O2. The van der Waals surface area contributed by atoms with Crippen LogP contribution in [0.15, 0.2) is 42.5 Å². The van der Waals surface area contributed by atoms with Crippen LogP contribution in [0.3, 0.4) is 0 Å². The van der Waals surface area contributed by atoms with E-state index in [0.29, 0.717) is 0 Å². The van der Waals surface area contributed by atoms with Gasteiger partial charge in [0.25, 0.3) is 0 Å². The molecule has 0 aromatic heterocycles. The van der Waals surface area contributed by atoms with E-state index in [-0.39, 0.29) is 24.3 Å². The number of fused-ring (bicyclic) bond motifs is 1. The Hall–Kier alpha value is -2.56. The molecule has 3 rings (SSSR count). The molecule has 0 saturated heterocycles. The number of nitrogens with one attached hydrogen (secondary N) is 1. The van der Waals surface area contributed by atoms with Gasteiger partial charge < -0.3 is 15.0 Å². The number of methoxy groups -OCH3 is 1. The van der Waals surface area contributed by atoms with Crippen molar-refractivity contribution in [2.75, 3.05) is 23.9 Å². The molecular weight excluding hydrogens is 307 g/mol. The number of halogens is 1. The molecule has 1 amide bonds. The van der Waals surface area contributed by atoms with Gasteiger partial charge in [-0.15, -0.1) is 0 Å². The summed E-state index contributed by atoms with van der Waals surface area (Å²) in [6.07, 6.45) is 1.75. The molecule has 1 aliphatic rings. The summed E-state index contributed by atoms with van der Waals surface area (Å²) in [6.45, 7) is 2.33. The fourth-order valence-electron chi connectivity index (χ4n) is 3.06. The van der Waals surface area contributed by atoms with Gasteiger partial charge in [0.05, 0.1) is 13.7 Å². The Bertz CT molecular complexity index is 731. The number of hydrogen-bond donors (Lipinski definition) is 1. The summed E-state index contributed by atoms with van der Waals surface area (Å²) in [5, 5.41) is 2.89. The molecule has 2 aromatic carbocycles. The van der Waals surface area contributed by atoms with Crippen molar-refractivity contribution in [2.45, 2.75) is 25.8 Å². The van der Waals surface area contributed by atoms with E-state index in [1.54, 1.807) is 43.5 Å². The smallest absolute Gasteiger partial charge is 0.243 e. The van der Waals surface area contributed by atoms with Crippen molar-refractivity contribution < 1.29 is 13.9 Å². The van der Waals surface area contributed by atoms with Crippen LogP contribution in [0.4, 0.5) is 15.8 Å². The van der Waals surface area contributed by atoms with Crippen molar-refractivity contribution in [1.82, 2.24) is 0 Å². The van der Waals surface area contributed by atoms with Gasteiger partial charge >= 0.3 is 0 Å². The second-order valence-corrected chi connectivity index (χ2v) is 6.07. The quantitative estimate of drug-likeness (QED) is 0.932. The number of hydrogen-bond acceptors (Lipinski definition) is 3. The average molecular weight is 328 g/mol. The van der Waals surface area contributed by atoms with Crippen molar-refractivity contribution in [3.8, 4) is 5.75 Å². The SMILES string of the molecule is COc1ccc(NC(=O)CN2c3ccc(F)cc3CCC2C)cc1. The van der Waals surface area contributed by atoms with Gasteiger partial charge in [-0.2, -0.15) is 0 Å². The summed E-state index contributed by atoms with van der Waals surface area (Å²) in [7, 11) is 1.60. The minimum Gasteiger partial charge on any atom is -0.497 e. The highest BCUT2D eigenvalue weighted by atomic mass is 19.1. The summed E-state index contributed by atoms with van der Waals surface area (Å²) in [5.74, 6) is 0.420. The lowest BCUT2D eigenvalue weighted by Crippen LogP contribution is -2.42. The summed E-state index contributed by atoms with van der Waals surface area (Å²) in [5.41, 5.74) is 2.63. The van der Waals surface area contributed by atoms with Crippen molar-refractivity contribution in [3.63, 3.8) is 0 Å². The molecule has 2 aromatic rings. The lowest BCUT2D eigenvalue weighted by Gasteiger charge is -2.36. The third-order valence-electron chi connectivity index (χ3n) is 4.40. The van der Waals surface area contributed by atoms with E-state index in [2.05, 4.69) is 12.2 Å². The zero-order chi connectivity index (χ0) is 17.1. The van der Waals surface area contributed by atoms with Gasteiger partial charge in [0, 0.05) is 17.4 Å². The van der Waals surface area contributed by atoms with Gasteiger partial charge in [-0.05, 0) is 67.8 Å². The van der Waals surface area contributed by atoms with E-state index >= 15 is 0 Å². The summed E-state index contributed by atoms with van der Waals surface area (Å²) in [6, 6.07) is 12.2. The normalized spacial score (nSPS) is 16.5. The van der Waals surface area contributed by atoms with Crippen LogP contribution in [0.25, 0.3) is 0 Å². The number of ether oxygens (including phenoxy) is 1. The predicted octanol–water partition coefficient (Wildman–Crippen LogP) is 3.61. The van der Waals surface area contributed by atoms with Gasteiger partial charge in [0.2, 0.25) is 5.91 Å². The maximum Gasteiger partial charge on any atom is 0.243 e. The number of amides is 1. The molecule has 0 bridgehead atoms. The predicted molar refractivity (Wildman–Crippen MR) is 93.2 cm³/mol. The number of nitrogens with zero attached hydrogens (tertiary/aromatic N) is 1. The van der Waals surface area contributed by atoms with Crippen LogP contribution in [0.2, 0.25) is 0 Å². The number of aryl methyl sites for hydroxylation is 1. The summed E-state index contributed by atoms with van der Waals surface area (Å²) < 4.78 is 18.5. The van der Waals surface area contributed by atoms with E-state index in [0.717, 1.165) is 35.5 Å². The van der Waals surface area contributed by atoms with Crippen molar-refractivity contribution in [2.24, 2.45) is 0 Å². The number of benzene rings is 2. The molecule has 24 heavy (non-hydrogen) atoms. The number of carbonyl (C=O) groups is 1. The molecule has 126 valence electrons. The average Bonchev–Trinajstić information content (AvgIpc) is 2.58. The first-order chi connectivity index (χ1) is 11.6. The molecule has 0 saturated carbocycles. The maximum atomic E-state index is 13.4. The minimum atomic E-state index is -0.231. The van der Waals surface area contributed by atoms with E-state index in [1.165, 1.54) is 6.07 Å². The largest absolute Gasteiger partial charge is 0.497 e. The summed E-state index contributed by atoms with van der Waals surface area (Å²) >= 11 is 0. The highest BCUT2D eigenvalue weighted by Crippen LogP contribution is 2.31. The second-order valence-electron chi connectivity index (χ2n) is 6.07. The molecule has 1 atom stereocenters. The highest BCUT2D eigenvalue weighted by molar-refractivity contribution is 5.94. The van der Waals surface area contributed by atoms with Gasteiger partial charge in [-0.25, -0.2) is 4.39 Å². The van der Waals surface area contributed by atoms with Crippen LogP contribution in [0, 0.1) is 5.82 Å². The number of rotatable bonds is 4. The highest BCUT2D eigenvalue weighted by Gasteiger charge is 2.25. The first-order valence-electron chi connectivity index (χ1n) is 8.06. The van der Waals surface area contributed by atoms with Crippen LogP contribution in [-0.2, 0) is 11.2 Å². The Morgan fingerprint density at radius 2 is 2.04 bits per heavy atom. The molecule has 1 unspecified atom stereocenters. The van der Waals surface area contributed by atoms with Crippen molar-refractivity contribution in [3.05, 3.63) is 53.8 Å². The lowest BCUT2D eigenvalue weighted by molar-refractivity contribution is -0.115. The maximum absolute atomic E-state index is 13.4. The van der Waals surface area contributed by atoms with Gasteiger partial charge in [-0.1, -0.05) is 0 Å². The fourth-order valence-corrected chi connectivity index (χ4v) is 3.06. The number of carbonyl (C=O) groups excluding carboxylic acids is 1. The Balaban J connectivity index is 1.71. The third-order valence-corrected chi connectivity index (χ3v) is 4.40. The second kappa shape index (κ2) is 6.91. The molecule has 1 heterocycles. The Kier molecular flexibility index (Phi) is 4.69. The molecule has 1 N–H and O–H groups in total. The monoisotopic (exact) mass is 328 g/mol. The lowest BCUT2D eigenvalue weighted by atomic mass is 9.96. The van der Waals surface area contributed by atoms with E-state index in [9.17, 15) is 9.18 Å². The Morgan fingerprint density at radius 3 is 2.75 bits per heavy atom. The van der Waals surface area contributed by atoms with Crippen molar-refractivity contribution in [1.29, 1.82) is 0 Å². The van der Waals surface area contributed by atoms with Gasteiger partial charge in [-0.3, -0.25) is 4.79 Å². The first kappa shape index (κ1) is 16.3. The minimum absolute atomic E-state index is 0.0933. The first-order valence-corrected chi connectivity index (χ1v) is 8.06. The topological polar surface area (TPSA) is 41.6 Å². The molecule has 0 radical (unpaired) electrons. The molecule has 5 heteroatoms. The standard InChI is InChI=1S/C19H21FN2O2/c1-13-3-4-14-11-15(20)5-10-18(14)22(13)12-19(23)21-16-6-8-17(24-2)9-7-16/h5-11,13H,3-4,12H2,1-2H3,(H,21,23). The van der Waals surface area contributed by atoms with Gasteiger partial charge in [0.1, 0.15) is 11.6 Å². The molecule has 0 aliphatic carbocycles. The van der Waals surface area contributed by atoms with E-state index < -0.39 is 0 Å². The Morgan fingerprint density at radius 1 is 1.29 bits per heavy atom. The zero-order valence-corrected chi connectivity index (χ0v) is 13.9. The van der Waals surface area contributed by atoms with Gasteiger partial charge in [0.15, 0.2) is 0 Å². The third kappa shape index (κ3) is 3.50. The molecule has 0 fully saturated rings. The molecule has 0 spiro atoms. The number of anilines is 2. The van der Waals surface area contributed by atoms with Crippen molar-refractivity contribution >= 4 is 17.3 Å².